The number of hydrazone groups is 1. The number of nitrogens with zero attached hydrogens (tertiary/aromatic N) is 2. The molecule has 0 bridgehead atoms. The SMILES string of the molecule is O=C(CCC1CCN(C(=O)O)CC1)Nc1cc2c3c(c(-c4ccccc4)[nH]c3c1)C=NNC2=O. The van der Waals surface area contributed by atoms with E-state index >= 15 is 0 Å². The summed E-state index contributed by atoms with van der Waals surface area (Å²) in [6.07, 6.45) is 3.33. The highest BCUT2D eigenvalue weighted by molar-refractivity contribution is 6.18. The summed E-state index contributed by atoms with van der Waals surface area (Å²) >= 11 is 0. The van der Waals surface area contributed by atoms with E-state index in [2.05, 4.69) is 20.8 Å². The summed E-state index contributed by atoms with van der Waals surface area (Å²) < 4.78 is 0. The number of H-pyrrole nitrogens is 1. The predicted octanol–water partition coefficient (Wildman–Crippen LogP) is 4.02. The highest BCUT2D eigenvalue weighted by Crippen LogP contribution is 2.34. The molecule has 5 rings (SSSR count). The Morgan fingerprint density at radius 2 is 1.91 bits per heavy atom. The average molecular weight is 460 g/mol. The van der Waals surface area contributed by atoms with E-state index in [-0.39, 0.29) is 11.8 Å². The molecule has 174 valence electrons. The highest BCUT2D eigenvalue weighted by Gasteiger charge is 2.24. The van der Waals surface area contributed by atoms with Crippen LogP contribution < -0.4 is 10.7 Å². The third-order valence-corrected chi connectivity index (χ3v) is 6.55. The molecule has 1 aromatic heterocycles. The van der Waals surface area contributed by atoms with E-state index in [0.717, 1.165) is 40.6 Å². The molecule has 0 spiro atoms. The monoisotopic (exact) mass is 459 g/mol. The Balaban J connectivity index is 1.35. The maximum Gasteiger partial charge on any atom is 0.407 e. The van der Waals surface area contributed by atoms with Gasteiger partial charge in [-0.3, -0.25) is 9.59 Å². The lowest BCUT2D eigenvalue weighted by molar-refractivity contribution is -0.116. The van der Waals surface area contributed by atoms with Crippen molar-refractivity contribution in [1.82, 2.24) is 15.3 Å². The zero-order valence-electron chi connectivity index (χ0n) is 18.5. The Morgan fingerprint density at radius 3 is 2.65 bits per heavy atom. The smallest absolute Gasteiger partial charge is 0.407 e. The van der Waals surface area contributed by atoms with Gasteiger partial charge in [-0.15, -0.1) is 0 Å². The summed E-state index contributed by atoms with van der Waals surface area (Å²) in [6.45, 7) is 1.02. The number of benzene rings is 2. The third-order valence-electron chi connectivity index (χ3n) is 6.55. The van der Waals surface area contributed by atoms with Gasteiger partial charge in [0.1, 0.15) is 0 Å². The van der Waals surface area contributed by atoms with Crippen molar-refractivity contribution < 1.29 is 19.5 Å². The fraction of sp³-hybridized carbons (Fsp3) is 0.280. The minimum atomic E-state index is -0.885. The fourth-order valence-corrected chi connectivity index (χ4v) is 4.76. The minimum Gasteiger partial charge on any atom is -0.465 e. The summed E-state index contributed by atoms with van der Waals surface area (Å²) in [5.74, 6) is -0.136. The van der Waals surface area contributed by atoms with Crippen LogP contribution in [0.3, 0.4) is 0 Å². The zero-order chi connectivity index (χ0) is 23.7. The summed E-state index contributed by atoms with van der Waals surface area (Å²) in [5.41, 5.74) is 6.91. The number of aromatic amines is 1. The number of amides is 3. The average Bonchev–Trinajstić information content (AvgIpc) is 3.12. The van der Waals surface area contributed by atoms with Crippen LogP contribution in [0.1, 0.15) is 41.6 Å². The summed E-state index contributed by atoms with van der Waals surface area (Å²) in [7, 11) is 0. The molecule has 2 aliphatic rings. The van der Waals surface area contributed by atoms with Gasteiger partial charge >= 0.3 is 6.09 Å². The maximum absolute atomic E-state index is 12.7. The maximum atomic E-state index is 12.7. The first kappa shape index (κ1) is 21.7. The van der Waals surface area contributed by atoms with Crippen LogP contribution in [0, 0.1) is 5.92 Å². The number of carbonyl (C=O) groups is 3. The van der Waals surface area contributed by atoms with Crippen LogP contribution in [-0.2, 0) is 4.79 Å². The predicted molar refractivity (Wildman–Crippen MR) is 129 cm³/mol. The molecule has 2 aliphatic heterocycles. The molecule has 0 radical (unpaired) electrons. The van der Waals surface area contributed by atoms with Crippen molar-refractivity contribution in [3.8, 4) is 11.3 Å². The van der Waals surface area contributed by atoms with Gasteiger partial charge in [0.15, 0.2) is 0 Å². The van der Waals surface area contributed by atoms with Gasteiger partial charge in [0.05, 0.1) is 17.5 Å². The lowest BCUT2D eigenvalue weighted by atomic mass is 9.92. The molecule has 0 aliphatic carbocycles. The number of carboxylic acid groups (broad SMARTS) is 1. The van der Waals surface area contributed by atoms with E-state index in [4.69, 9.17) is 5.11 Å². The van der Waals surface area contributed by atoms with E-state index in [1.165, 1.54) is 4.90 Å². The van der Waals surface area contributed by atoms with Crippen LogP contribution in [-0.4, -0.2) is 52.2 Å². The molecule has 0 atom stereocenters. The molecule has 0 unspecified atom stereocenters. The molecule has 1 fully saturated rings. The number of piperidine rings is 1. The van der Waals surface area contributed by atoms with Crippen molar-refractivity contribution in [2.24, 2.45) is 11.0 Å². The molecule has 1 saturated heterocycles. The number of aromatic nitrogens is 1. The van der Waals surface area contributed by atoms with E-state index in [1.807, 2.05) is 36.4 Å². The summed E-state index contributed by atoms with van der Waals surface area (Å²) in [5, 5.41) is 16.8. The van der Waals surface area contributed by atoms with Gasteiger partial charge in [-0.25, -0.2) is 10.2 Å². The van der Waals surface area contributed by atoms with E-state index in [9.17, 15) is 14.4 Å². The van der Waals surface area contributed by atoms with Gasteiger partial charge in [0.25, 0.3) is 5.91 Å². The number of hydrogen-bond donors (Lipinski definition) is 4. The standard InChI is InChI=1S/C25H25N5O4/c31-21(7-6-15-8-10-30(11-9-15)25(33)34)27-17-12-18-22-19(14-26-29-24(18)32)23(28-20(22)13-17)16-4-2-1-3-5-16/h1-5,12-15,28H,6-11H2,(H,27,31)(H,29,32)(H,33,34). The number of hydrogen-bond acceptors (Lipinski definition) is 4. The largest absolute Gasteiger partial charge is 0.465 e. The lowest BCUT2D eigenvalue weighted by Gasteiger charge is -2.29. The number of nitrogens with one attached hydrogen (secondary N) is 3. The Hall–Kier alpha value is -4.14. The number of rotatable bonds is 5. The van der Waals surface area contributed by atoms with Crippen LogP contribution in [0.2, 0.25) is 0 Å². The molecule has 0 saturated carbocycles. The van der Waals surface area contributed by atoms with Gasteiger partial charge < -0.3 is 20.3 Å². The second-order valence-corrected chi connectivity index (χ2v) is 8.73. The molecule has 9 heteroatoms. The van der Waals surface area contributed by atoms with Crippen LogP contribution in [0.4, 0.5) is 10.5 Å². The minimum absolute atomic E-state index is 0.132. The third kappa shape index (κ3) is 4.24. The first-order valence-corrected chi connectivity index (χ1v) is 11.4. The number of carbonyl (C=O) groups excluding carboxylic acids is 2. The van der Waals surface area contributed by atoms with Crippen LogP contribution in [0.5, 0.6) is 0 Å². The normalized spacial score (nSPS) is 15.8. The Bertz CT molecular complexity index is 1290. The fourth-order valence-electron chi connectivity index (χ4n) is 4.76. The van der Waals surface area contributed by atoms with Gasteiger partial charge in [0.2, 0.25) is 5.91 Å². The first-order valence-electron chi connectivity index (χ1n) is 11.4. The Morgan fingerprint density at radius 1 is 1.15 bits per heavy atom. The number of anilines is 1. The molecular weight excluding hydrogens is 434 g/mol. The van der Waals surface area contributed by atoms with Crippen molar-refractivity contribution in [1.29, 1.82) is 0 Å². The summed E-state index contributed by atoms with van der Waals surface area (Å²) in [6, 6.07) is 13.3. The second-order valence-electron chi connectivity index (χ2n) is 8.73. The van der Waals surface area contributed by atoms with Gasteiger partial charge in [-0.1, -0.05) is 30.3 Å². The quantitative estimate of drug-likeness (QED) is 0.459. The molecular formula is C25H25N5O4. The van der Waals surface area contributed by atoms with E-state index in [1.54, 1.807) is 12.3 Å². The summed E-state index contributed by atoms with van der Waals surface area (Å²) in [4.78, 5) is 41.2. The molecule has 3 aromatic rings. The Kier molecular flexibility index (Phi) is 5.75. The molecule has 4 N–H and O–H groups in total. The number of likely N-dealkylation sites (tertiary alicyclic amines) is 1. The first-order chi connectivity index (χ1) is 16.5. The van der Waals surface area contributed by atoms with Crippen molar-refractivity contribution in [3.63, 3.8) is 0 Å². The van der Waals surface area contributed by atoms with Crippen molar-refractivity contribution in [3.05, 3.63) is 53.6 Å². The van der Waals surface area contributed by atoms with Gasteiger partial charge in [-0.05, 0) is 42.9 Å². The molecule has 34 heavy (non-hydrogen) atoms. The van der Waals surface area contributed by atoms with Crippen molar-refractivity contribution in [2.75, 3.05) is 18.4 Å². The van der Waals surface area contributed by atoms with Gasteiger partial charge in [0, 0.05) is 41.7 Å². The zero-order valence-corrected chi connectivity index (χ0v) is 18.5. The molecule has 3 heterocycles. The van der Waals surface area contributed by atoms with Crippen LogP contribution in [0.15, 0.2) is 47.6 Å². The molecule has 2 aromatic carbocycles. The topological polar surface area (TPSA) is 127 Å². The van der Waals surface area contributed by atoms with Crippen LogP contribution >= 0.6 is 0 Å². The van der Waals surface area contributed by atoms with Crippen molar-refractivity contribution >= 4 is 40.7 Å². The highest BCUT2D eigenvalue weighted by atomic mass is 16.4. The van der Waals surface area contributed by atoms with Gasteiger partial charge in [-0.2, -0.15) is 5.10 Å². The molecule has 3 amide bonds. The van der Waals surface area contributed by atoms with Crippen molar-refractivity contribution in [2.45, 2.75) is 25.7 Å². The lowest BCUT2D eigenvalue weighted by Crippen LogP contribution is -2.37. The van der Waals surface area contributed by atoms with Crippen LogP contribution in [0.25, 0.3) is 22.2 Å². The Labute approximate surface area is 195 Å². The second kappa shape index (κ2) is 9.01. The van der Waals surface area contributed by atoms with E-state index < -0.39 is 6.09 Å². The van der Waals surface area contributed by atoms with E-state index in [0.29, 0.717) is 43.1 Å². The molecule has 9 nitrogen and oxygen atoms in total.